The topological polar surface area (TPSA) is 30.5 Å². The summed E-state index contributed by atoms with van der Waals surface area (Å²) >= 11 is 3.73. The number of nitrogens with one attached hydrogen (secondary N) is 1. The van der Waals surface area contributed by atoms with E-state index in [2.05, 4.69) is 63.7 Å². The van der Waals surface area contributed by atoms with Crippen LogP contribution in [-0.4, -0.2) is 6.79 Å². The molecule has 1 N–H and O–H groups in total. The van der Waals surface area contributed by atoms with Gasteiger partial charge in [-0.15, -0.1) is 0 Å². The summed E-state index contributed by atoms with van der Waals surface area (Å²) in [6.45, 7) is 0.305. The van der Waals surface area contributed by atoms with Gasteiger partial charge in [0.2, 0.25) is 6.79 Å². The Morgan fingerprint density at radius 3 is 2.78 bits per heavy atom. The number of halogens is 1. The zero-order chi connectivity index (χ0) is 15.4. The highest BCUT2D eigenvalue weighted by molar-refractivity contribution is 9.10. The van der Waals surface area contributed by atoms with Crippen LogP contribution >= 0.6 is 15.9 Å². The van der Waals surface area contributed by atoms with Gasteiger partial charge in [0, 0.05) is 16.1 Å². The summed E-state index contributed by atoms with van der Waals surface area (Å²) in [5.74, 6) is 2.67. The third-order valence-corrected chi connectivity index (χ3v) is 5.79. The van der Waals surface area contributed by atoms with E-state index in [1.165, 1.54) is 16.8 Å². The molecular weight excluding hydrogens is 354 g/mol. The first-order chi connectivity index (χ1) is 11.3. The van der Waals surface area contributed by atoms with E-state index in [0.29, 0.717) is 18.6 Å². The lowest BCUT2D eigenvalue weighted by Gasteiger charge is -2.38. The molecular formula is C19H16BrNO2. The van der Waals surface area contributed by atoms with Gasteiger partial charge in [0.05, 0.1) is 6.04 Å². The van der Waals surface area contributed by atoms with Gasteiger partial charge >= 0.3 is 0 Å². The number of anilines is 1. The average molecular weight is 370 g/mol. The first kappa shape index (κ1) is 13.5. The predicted octanol–water partition coefficient (Wildman–Crippen LogP) is 5.00. The van der Waals surface area contributed by atoms with Crippen LogP contribution in [0.1, 0.15) is 29.5 Å². The van der Waals surface area contributed by atoms with Crippen LogP contribution in [-0.2, 0) is 0 Å². The maximum atomic E-state index is 5.58. The number of allylic oxidation sites excluding steroid dienone is 2. The molecule has 3 aliphatic rings. The van der Waals surface area contributed by atoms with Crippen molar-refractivity contribution in [2.45, 2.75) is 18.4 Å². The number of rotatable bonds is 1. The lowest BCUT2D eigenvalue weighted by molar-refractivity contribution is 0.174. The molecule has 0 amide bonds. The van der Waals surface area contributed by atoms with Crippen molar-refractivity contribution < 1.29 is 9.47 Å². The second-order valence-corrected chi connectivity index (χ2v) is 7.14. The second-order valence-electron chi connectivity index (χ2n) is 6.29. The van der Waals surface area contributed by atoms with Crippen molar-refractivity contribution >= 4 is 21.6 Å². The molecule has 2 aromatic rings. The molecule has 3 nitrogen and oxygen atoms in total. The van der Waals surface area contributed by atoms with Crippen LogP contribution < -0.4 is 14.8 Å². The maximum Gasteiger partial charge on any atom is 0.231 e. The molecule has 0 unspecified atom stereocenters. The molecule has 4 heteroatoms. The van der Waals surface area contributed by atoms with Crippen LogP contribution in [0.25, 0.3) is 0 Å². The van der Waals surface area contributed by atoms with Crippen LogP contribution in [0, 0.1) is 5.92 Å². The van der Waals surface area contributed by atoms with E-state index in [1.807, 2.05) is 6.07 Å². The van der Waals surface area contributed by atoms with E-state index in [0.717, 1.165) is 22.4 Å². The smallest absolute Gasteiger partial charge is 0.231 e. The Morgan fingerprint density at radius 1 is 1.04 bits per heavy atom. The molecule has 0 spiro atoms. The molecule has 2 heterocycles. The maximum absolute atomic E-state index is 5.58. The van der Waals surface area contributed by atoms with Crippen LogP contribution in [0.15, 0.2) is 53.0 Å². The summed E-state index contributed by atoms with van der Waals surface area (Å²) in [6.07, 6.45) is 5.77. The molecule has 0 fully saturated rings. The number of para-hydroxylation sites is 1. The number of ether oxygens (including phenoxy) is 2. The molecule has 0 saturated carbocycles. The molecule has 2 aliphatic heterocycles. The zero-order valence-electron chi connectivity index (χ0n) is 12.5. The fourth-order valence-electron chi connectivity index (χ4n) is 4.02. The lowest BCUT2D eigenvalue weighted by Crippen LogP contribution is -2.29. The Balaban J connectivity index is 1.62. The highest BCUT2D eigenvalue weighted by atomic mass is 79.9. The third-order valence-electron chi connectivity index (χ3n) is 5.10. The van der Waals surface area contributed by atoms with Gasteiger partial charge in [-0.05, 0) is 41.7 Å². The van der Waals surface area contributed by atoms with Crippen molar-refractivity contribution in [2.75, 3.05) is 12.1 Å². The van der Waals surface area contributed by atoms with Crippen molar-refractivity contribution in [1.29, 1.82) is 0 Å². The highest BCUT2D eigenvalue weighted by Gasteiger charge is 2.38. The Labute approximate surface area is 143 Å². The van der Waals surface area contributed by atoms with Crippen molar-refractivity contribution in [2.24, 2.45) is 5.92 Å². The number of hydrogen-bond acceptors (Lipinski definition) is 3. The second kappa shape index (κ2) is 5.03. The van der Waals surface area contributed by atoms with E-state index >= 15 is 0 Å². The number of fused-ring (bicyclic) bond motifs is 4. The van der Waals surface area contributed by atoms with Crippen molar-refractivity contribution in [3.63, 3.8) is 0 Å². The van der Waals surface area contributed by atoms with E-state index in [4.69, 9.17) is 9.47 Å². The fourth-order valence-corrected chi connectivity index (χ4v) is 4.59. The largest absolute Gasteiger partial charge is 0.454 e. The Morgan fingerprint density at radius 2 is 1.87 bits per heavy atom. The van der Waals surface area contributed by atoms with Crippen molar-refractivity contribution in [1.82, 2.24) is 0 Å². The minimum Gasteiger partial charge on any atom is -0.454 e. The minimum atomic E-state index is 0.258. The normalized spacial score (nSPS) is 26.6. The number of hydrogen-bond donors (Lipinski definition) is 1. The van der Waals surface area contributed by atoms with Gasteiger partial charge < -0.3 is 14.8 Å². The molecule has 0 saturated heterocycles. The van der Waals surface area contributed by atoms with E-state index in [9.17, 15) is 0 Å². The van der Waals surface area contributed by atoms with Gasteiger partial charge in [0.25, 0.3) is 0 Å². The highest BCUT2D eigenvalue weighted by Crippen LogP contribution is 2.52. The zero-order valence-corrected chi connectivity index (χ0v) is 14.0. The van der Waals surface area contributed by atoms with E-state index < -0.39 is 0 Å². The molecule has 5 rings (SSSR count). The van der Waals surface area contributed by atoms with Gasteiger partial charge in [-0.25, -0.2) is 0 Å². The Bertz CT molecular complexity index is 817. The summed E-state index contributed by atoms with van der Waals surface area (Å²) < 4.78 is 12.1. The SMILES string of the molecule is Brc1cc2c(cc1[C@@H]1Nc3ccccc3[C@@H]3C=CC[C@@H]31)OCO2. The van der Waals surface area contributed by atoms with Crippen LogP contribution in [0.3, 0.4) is 0 Å². The molecule has 0 aromatic heterocycles. The summed E-state index contributed by atoms with van der Waals surface area (Å²) in [7, 11) is 0. The molecule has 23 heavy (non-hydrogen) atoms. The van der Waals surface area contributed by atoms with Crippen molar-refractivity contribution in [3.05, 3.63) is 64.1 Å². The van der Waals surface area contributed by atoms with Gasteiger partial charge in [0.15, 0.2) is 11.5 Å². The molecule has 0 radical (unpaired) electrons. The van der Waals surface area contributed by atoms with E-state index in [-0.39, 0.29) is 6.04 Å². The third kappa shape index (κ3) is 2.01. The van der Waals surface area contributed by atoms with Gasteiger partial charge in [-0.3, -0.25) is 0 Å². The average Bonchev–Trinajstić information content (AvgIpc) is 3.22. The van der Waals surface area contributed by atoms with Gasteiger partial charge in [-0.1, -0.05) is 46.3 Å². The summed E-state index contributed by atoms with van der Waals surface area (Å²) in [4.78, 5) is 0. The first-order valence-corrected chi connectivity index (χ1v) is 8.72. The predicted molar refractivity (Wildman–Crippen MR) is 93.1 cm³/mol. The number of benzene rings is 2. The lowest BCUT2D eigenvalue weighted by atomic mass is 9.77. The molecule has 2 aromatic carbocycles. The van der Waals surface area contributed by atoms with Crippen molar-refractivity contribution in [3.8, 4) is 11.5 Å². The standard InChI is InChI=1S/C19H16BrNO2/c20-15-9-18-17(22-10-23-18)8-14(15)19-13-6-3-5-11(13)12-4-1-2-7-16(12)21-19/h1-5,7-9,11,13,19,21H,6,10H2/t11-,13-,19+/m0/s1. The quantitative estimate of drug-likeness (QED) is 0.717. The van der Waals surface area contributed by atoms with Gasteiger partial charge in [0.1, 0.15) is 0 Å². The molecule has 1 aliphatic carbocycles. The van der Waals surface area contributed by atoms with E-state index in [1.54, 1.807) is 0 Å². The summed E-state index contributed by atoms with van der Waals surface area (Å²) in [5, 5.41) is 3.75. The Kier molecular flexibility index (Phi) is 2.95. The molecule has 3 atom stereocenters. The monoisotopic (exact) mass is 369 g/mol. The molecule has 116 valence electrons. The summed E-state index contributed by atoms with van der Waals surface area (Å²) in [6, 6.07) is 13.0. The minimum absolute atomic E-state index is 0.258. The van der Waals surface area contributed by atoms with Crippen LogP contribution in [0.2, 0.25) is 0 Å². The fraction of sp³-hybridized carbons (Fsp3) is 0.263. The van der Waals surface area contributed by atoms with Crippen LogP contribution in [0.4, 0.5) is 5.69 Å². The van der Waals surface area contributed by atoms with Crippen LogP contribution in [0.5, 0.6) is 11.5 Å². The first-order valence-electron chi connectivity index (χ1n) is 7.92. The molecule has 0 bridgehead atoms. The Hall–Kier alpha value is -1.94. The van der Waals surface area contributed by atoms with Gasteiger partial charge in [-0.2, -0.15) is 0 Å². The summed E-state index contributed by atoms with van der Waals surface area (Å²) in [5.41, 5.74) is 3.87.